The summed E-state index contributed by atoms with van der Waals surface area (Å²) in [5, 5.41) is 0. The molecule has 2 heterocycles. The first-order valence-corrected chi connectivity index (χ1v) is 9.23. The molecule has 0 aliphatic carbocycles. The predicted molar refractivity (Wildman–Crippen MR) is 101 cm³/mol. The van der Waals surface area contributed by atoms with Crippen molar-refractivity contribution in [2.45, 2.75) is 75.2 Å². The van der Waals surface area contributed by atoms with Crippen LogP contribution < -0.4 is 0 Å². The zero-order chi connectivity index (χ0) is 19.2. The Morgan fingerprint density at radius 1 is 0.913 bits per heavy atom. The molecule has 0 aromatic carbocycles. The van der Waals surface area contributed by atoms with Crippen LogP contribution in [0.5, 0.6) is 0 Å². The van der Waals surface area contributed by atoms with Gasteiger partial charge in [-0.1, -0.05) is 62.3 Å². The zero-order valence-corrected chi connectivity index (χ0v) is 17.6. The fourth-order valence-corrected chi connectivity index (χ4v) is 2.26. The van der Waals surface area contributed by atoms with E-state index in [1.54, 1.807) is 9.80 Å². The highest BCUT2D eigenvalue weighted by Crippen LogP contribution is 2.28. The molecule has 23 heavy (non-hydrogen) atoms. The molecule has 0 radical (unpaired) electrons. The van der Waals surface area contributed by atoms with Crippen LogP contribution in [0.4, 0.5) is 0 Å². The van der Waals surface area contributed by atoms with Gasteiger partial charge >= 0.3 is 0 Å². The fraction of sp³-hybridized carbons (Fsp3) is 0.895. The van der Waals surface area contributed by atoms with Gasteiger partial charge in [-0.15, -0.1) is 0 Å². The van der Waals surface area contributed by atoms with Crippen LogP contribution in [0.3, 0.4) is 0 Å². The summed E-state index contributed by atoms with van der Waals surface area (Å²) in [7, 11) is 3.71. The average molecular weight is 331 g/mol. The van der Waals surface area contributed by atoms with Crippen LogP contribution in [0.25, 0.3) is 0 Å². The molecule has 1 atom stereocenters. The molecule has 0 aromatic heterocycles. The number of rotatable bonds is 0. The molecule has 2 amide bonds. The van der Waals surface area contributed by atoms with Gasteiger partial charge < -0.3 is 9.80 Å². The summed E-state index contributed by atoms with van der Waals surface area (Å²) in [6.45, 7) is 20.0. The maximum absolute atomic E-state index is 11.2. The maximum Gasteiger partial charge on any atom is 0.228 e. The molecule has 2 saturated heterocycles. The third-order valence-electron chi connectivity index (χ3n) is 3.53. The highest BCUT2D eigenvalue weighted by atomic mass is 16.2. The van der Waals surface area contributed by atoms with E-state index in [0.29, 0.717) is 5.92 Å². The molecular formula is C19H42N2O2. The Balaban J connectivity index is -0.000000264. The summed E-state index contributed by atoms with van der Waals surface area (Å²) in [5.41, 5.74) is -0.0885. The SMILES string of the molecule is CC.CC.CC.CC1CC(=O)N(C)C1.CN1CCC(C)(C)C1=O. The molecular weight excluding hydrogens is 288 g/mol. The molecule has 0 saturated carbocycles. The number of nitrogens with zero attached hydrogens (tertiary/aromatic N) is 2. The topological polar surface area (TPSA) is 40.6 Å². The van der Waals surface area contributed by atoms with E-state index < -0.39 is 0 Å². The Bertz CT molecular complexity index is 314. The van der Waals surface area contributed by atoms with E-state index in [-0.39, 0.29) is 17.2 Å². The van der Waals surface area contributed by atoms with Crippen LogP contribution >= 0.6 is 0 Å². The minimum Gasteiger partial charge on any atom is -0.345 e. The molecule has 0 spiro atoms. The monoisotopic (exact) mass is 330 g/mol. The molecule has 2 aliphatic rings. The van der Waals surface area contributed by atoms with Gasteiger partial charge in [0.15, 0.2) is 0 Å². The lowest BCUT2D eigenvalue weighted by molar-refractivity contribution is -0.133. The van der Waals surface area contributed by atoms with Crippen molar-refractivity contribution in [3.63, 3.8) is 0 Å². The van der Waals surface area contributed by atoms with E-state index >= 15 is 0 Å². The number of carbonyl (C=O) groups excluding carboxylic acids is 2. The van der Waals surface area contributed by atoms with E-state index in [1.165, 1.54) is 0 Å². The van der Waals surface area contributed by atoms with Gasteiger partial charge in [0.05, 0.1) is 0 Å². The number of amides is 2. The molecule has 4 nitrogen and oxygen atoms in total. The maximum atomic E-state index is 11.2. The van der Waals surface area contributed by atoms with E-state index in [4.69, 9.17) is 0 Å². The summed E-state index contributed by atoms with van der Waals surface area (Å²) in [4.78, 5) is 25.4. The summed E-state index contributed by atoms with van der Waals surface area (Å²) < 4.78 is 0. The molecule has 2 aliphatic heterocycles. The molecule has 0 aromatic rings. The van der Waals surface area contributed by atoms with Crippen LogP contribution in [0.2, 0.25) is 0 Å². The van der Waals surface area contributed by atoms with E-state index in [2.05, 4.69) is 6.92 Å². The summed E-state index contributed by atoms with van der Waals surface area (Å²) in [5.74, 6) is 1.15. The largest absolute Gasteiger partial charge is 0.345 e. The van der Waals surface area contributed by atoms with Crippen LogP contribution in [0, 0.1) is 11.3 Å². The van der Waals surface area contributed by atoms with E-state index in [9.17, 15) is 9.59 Å². The first-order valence-electron chi connectivity index (χ1n) is 9.23. The van der Waals surface area contributed by atoms with Crippen molar-refractivity contribution in [3.05, 3.63) is 0 Å². The van der Waals surface area contributed by atoms with Gasteiger partial charge in [0.2, 0.25) is 11.8 Å². The first kappa shape index (κ1) is 26.8. The lowest BCUT2D eigenvalue weighted by Crippen LogP contribution is -2.27. The van der Waals surface area contributed by atoms with Crippen LogP contribution in [0.1, 0.15) is 75.2 Å². The molecule has 0 bridgehead atoms. The number of hydrogen-bond acceptors (Lipinski definition) is 2. The second-order valence-corrected chi connectivity index (χ2v) is 5.94. The van der Waals surface area contributed by atoms with Crippen molar-refractivity contribution >= 4 is 11.8 Å². The molecule has 4 heteroatoms. The van der Waals surface area contributed by atoms with Crippen molar-refractivity contribution in [1.29, 1.82) is 0 Å². The number of hydrogen-bond donors (Lipinski definition) is 0. The second-order valence-electron chi connectivity index (χ2n) is 5.94. The third kappa shape index (κ3) is 10.4. The van der Waals surface area contributed by atoms with Crippen molar-refractivity contribution < 1.29 is 9.59 Å². The van der Waals surface area contributed by atoms with Crippen molar-refractivity contribution in [1.82, 2.24) is 9.80 Å². The minimum absolute atomic E-state index is 0.0885. The first-order chi connectivity index (χ1) is 10.7. The van der Waals surface area contributed by atoms with Gasteiger partial charge in [-0.25, -0.2) is 0 Å². The standard InChI is InChI=1S/C7H13NO.C6H11NO.3C2H6/c1-7(2)4-5-8(3)6(7)9;1-5-3-6(8)7(2)4-5;3*1-2/h4-5H2,1-3H3;5H,3-4H2,1-2H3;3*1-2H3. The third-order valence-corrected chi connectivity index (χ3v) is 3.53. The van der Waals surface area contributed by atoms with Crippen LogP contribution in [-0.4, -0.2) is 48.8 Å². The molecule has 2 rings (SSSR count). The van der Waals surface area contributed by atoms with E-state index in [1.807, 2.05) is 69.5 Å². The van der Waals surface area contributed by atoms with Gasteiger partial charge in [-0.05, 0) is 12.3 Å². The lowest BCUT2D eigenvalue weighted by Gasteiger charge is -2.14. The fourth-order valence-electron chi connectivity index (χ4n) is 2.26. The van der Waals surface area contributed by atoms with Gasteiger partial charge in [0.25, 0.3) is 0 Å². The summed E-state index contributed by atoms with van der Waals surface area (Å²) in [6.07, 6.45) is 1.75. The number of likely N-dealkylation sites (tertiary alicyclic amines) is 2. The molecule has 2 fully saturated rings. The van der Waals surface area contributed by atoms with Crippen molar-refractivity contribution in [2.75, 3.05) is 27.2 Å². The highest BCUT2D eigenvalue weighted by molar-refractivity contribution is 5.83. The number of carbonyl (C=O) groups is 2. The Kier molecular flexibility index (Phi) is 16.9. The Morgan fingerprint density at radius 2 is 1.35 bits per heavy atom. The van der Waals surface area contributed by atoms with Crippen molar-refractivity contribution in [2.24, 2.45) is 11.3 Å². The Morgan fingerprint density at radius 3 is 1.43 bits per heavy atom. The van der Waals surface area contributed by atoms with Gasteiger partial charge in [0, 0.05) is 39.0 Å². The molecule has 0 N–H and O–H groups in total. The lowest BCUT2D eigenvalue weighted by atomic mass is 9.92. The average Bonchev–Trinajstić information content (AvgIpc) is 2.98. The smallest absolute Gasteiger partial charge is 0.228 e. The van der Waals surface area contributed by atoms with E-state index in [0.717, 1.165) is 25.9 Å². The minimum atomic E-state index is -0.0885. The summed E-state index contributed by atoms with van der Waals surface area (Å²) in [6, 6.07) is 0. The van der Waals surface area contributed by atoms with Crippen molar-refractivity contribution in [3.8, 4) is 0 Å². The van der Waals surface area contributed by atoms with Gasteiger partial charge in [-0.3, -0.25) is 9.59 Å². The van der Waals surface area contributed by atoms with Crippen LogP contribution in [-0.2, 0) is 9.59 Å². The zero-order valence-electron chi connectivity index (χ0n) is 17.6. The normalized spacial score (nSPS) is 20.9. The Labute approximate surface area is 145 Å². The second kappa shape index (κ2) is 14.5. The van der Waals surface area contributed by atoms with Gasteiger partial charge in [-0.2, -0.15) is 0 Å². The van der Waals surface area contributed by atoms with Gasteiger partial charge in [0.1, 0.15) is 0 Å². The van der Waals surface area contributed by atoms with Crippen LogP contribution in [0.15, 0.2) is 0 Å². The predicted octanol–water partition coefficient (Wildman–Crippen LogP) is 4.44. The summed E-state index contributed by atoms with van der Waals surface area (Å²) >= 11 is 0. The quantitative estimate of drug-likeness (QED) is 0.659. The molecule has 1 unspecified atom stereocenters. The molecule has 140 valence electrons. The highest BCUT2D eigenvalue weighted by Gasteiger charge is 2.36. The Hall–Kier alpha value is -1.06.